The van der Waals surface area contributed by atoms with Gasteiger partial charge in [-0.1, -0.05) is 101 Å². The fourth-order valence-corrected chi connectivity index (χ4v) is 2.49. The van der Waals surface area contributed by atoms with Gasteiger partial charge in [-0.05, 0) is 46.2 Å². The van der Waals surface area contributed by atoms with Gasteiger partial charge in [0.2, 0.25) is 0 Å². The molecule has 0 aliphatic heterocycles. The van der Waals surface area contributed by atoms with Gasteiger partial charge in [0.25, 0.3) is 0 Å². The Morgan fingerprint density at radius 1 is 0.778 bits per heavy atom. The van der Waals surface area contributed by atoms with Gasteiger partial charge in [0.1, 0.15) is 0 Å². The summed E-state index contributed by atoms with van der Waals surface area (Å²) < 4.78 is 1.14. The molecule has 1 nitrogen and oxygen atoms in total. The highest BCUT2D eigenvalue weighted by molar-refractivity contribution is 9.10. The summed E-state index contributed by atoms with van der Waals surface area (Å²) in [6, 6.07) is 16.8. The first kappa shape index (κ1) is 25.4. The fourth-order valence-electron chi connectivity index (χ4n) is 2.22. The van der Waals surface area contributed by atoms with Gasteiger partial charge in [-0.3, -0.25) is 0 Å². The number of hydrogen-bond acceptors (Lipinski definition) is 1. The Labute approximate surface area is 175 Å². The minimum atomic E-state index is 0. The zero-order valence-electron chi connectivity index (χ0n) is 16.9. The van der Waals surface area contributed by atoms with E-state index in [4.69, 9.17) is 5.11 Å². The third-order valence-corrected chi connectivity index (χ3v) is 4.46. The van der Waals surface area contributed by atoms with Crippen molar-refractivity contribution in [2.24, 2.45) is 0 Å². The third-order valence-electron chi connectivity index (χ3n) is 3.93. The molecule has 2 aromatic carbocycles. The van der Waals surface area contributed by atoms with E-state index in [1.165, 1.54) is 11.1 Å². The normalized spacial score (nSPS) is 10.7. The number of rotatable bonds is 1. The summed E-state index contributed by atoms with van der Waals surface area (Å²) in [7, 11) is 0. The first-order chi connectivity index (χ1) is 12.0. The molecule has 0 amide bonds. The molecule has 0 bridgehead atoms. The summed E-state index contributed by atoms with van der Waals surface area (Å²) in [4.78, 5) is 0. The zero-order valence-corrected chi connectivity index (χ0v) is 18.4. The van der Waals surface area contributed by atoms with Gasteiger partial charge in [-0.15, -0.1) is 0 Å². The molecular weight excluding hydrogens is 396 g/mol. The molecule has 1 N–H and O–H groups in total. The van der Waals surface area contributed by atoms with Gasteiger partial charge in [0.15, 0.2) is 0 Å². The van der Waals surface area contributed by atoms with Crippen LogP contribution in [0.5, 0.6) is 0 Å². The Kier molecular flexibility index (Phi) is 10.7. The molecule has 2 aromatic rings. The van der Waals surface area contributed by atoms with Crippen molar-refractivity contribution in [1.29, 1.82) is 0 Å². The second kappa shape index (κ2) is 11.3. The predicted molar refractivity (Wildman–Crippen MR) is 123 cm³/mol. The number of benzene rings is 2. The van der Waals surface area contributed by atoms with Crippen molar-refractivity contribution < 1.29 is 5.11 Å². The minimum Gasteiger partial charge on any atom is -0.395 e. The summed E-state index contributed by atoms with van der Waals surface area (Å²) >= 11 is 3.41. The number of aliphatic hydroxyl groups excluding tert-OH is 1. The van der Waals surface area contributed by atoms with Crippen LogP contribution in [0.2, 0.25) is 0 Å². The third kappa shape index (κ3) is 9.80. The van der Waals surface area contributed by atoms with Crippen molar-refractivity contribution >= 4 is 15.9 Å². The summed E-state index contributed by atoms with van der Waals surface area (Å²) in [6.45, 7) is 13.4. The number of halogens is 1. The lowest BCUT2D eigenvalue weighted by Gasteiger charge is -2.18. The molecule has 0 fully saturated rings. The predicted octanol–water partition coefficient (Wildman–Crippen LogP) is 7.10. The first-order valence-electron chi connectivity index (χ1n) is 9.00. The maximum atomic E-state index is 8.59. The molecule has 0 aliphatic carbocycles. The minimum absolute atomic E-state index is 0. The van der Waals surface area contributed by atoms with Gasteiger partial charge in [0, 0.05) is 16.5 Å². The summed E-state index contributed by atoms with van der Waals surface area (Å²) in [5, 5.41) is 8.59. The molecule has 2 heteroatoms. The lowest BCUT2D eigenvalue weighted by Crippen LogP contribution is -2.10. The molecule has 0 atom stereocenters. The second-order valence-electron chi connectivity index (χ2n) is 8.36. The van der Waals surface area contributed by atoms with Crippen molar-refractivity contribution in [1.82, 2.24) is 0 Å². The van der Waals surface area contributed by atoms with Crippen LogP contribution in [0, 0.1) is 11.8 Å². The largest absolute Gasteiger partial charge is 0.395 e. The molecule has 0 unspecified atom stereocenters. The highest BCUT2D eigenvalue weighted by Crippen LogP contribution is 2.23. The molecule has 0 aliphatic rings. The van der Waals surface area contributed by atoms with E-state index in [2.05, 4.69) is 106 Å². The van der Waals surface area contributed by atoms with E-state index >= 15 is 0 Å². The molecule has 2 rings (SSSR count). The van der Waals surface area contributed by atoms with Crippen molar-refractivity contribution in [3.8, 4) is 11.8 Å². The van der Waals surface area contributed by atoms with Crippen molar-refractivity contribution in [3.05, 3.63) is 69.7 Å². The lowest BCUT2D eigenvalue weighted by atomic mass is 9.87. The van der Waals surface area contributed by atoms with E-state index in [-0.39, 0.29) is 24.9 Å². The fraction of sp³-hybridized carbons (Fsp3) is 0.440. The monoisotopic (exact) mass is 430 g/mol. The van der Waals surface area contributed by atoms with Crippen molar-refractivity contribution in [2.45, 2.75) is 66.2 Å². The second-order valence-corrected chi connectivity index (χ2v) is 9.28. The Bertz CT molecular complexity index is 718. The molecule has 0 saturated heterocycles. The van der Waals surface area contributed by atoms with E-state index in [1.807, 2.05) is 12.1 Å². The van der Waals surface area contributed by atoms with Crippen molar-refractivity contribution in [2.75, 3.05) is 6.61 Å². The molecular formula is C25H35BrO. The Morgan fingerprint density at radius 2 is 1.19 bits per heavy atom. The Morgan fingerprint density at radius 3 is 1.56 bits per heavy atom. The molecule has 0 aromatic heterocycles. The number of hydrogen-bond donors (Lipinski definition) is 1. The zero-order chi connectivity index (χ0) is 19.8. The lowest BCUT2D eigenvalue weighted by molar-refractivity contribution is 0.305. The molecule has 148 valence electrons. The summed E-state index contributed by atoms with van der Waals surface area (Å²) in [5.41, 5.74) is 4.16. The van der Waals surface area contributed by atoms with Crippen LogP contribution in [0.25, 0.3) is 0 Å². The van der Waals surface area contributed by atoms with E-state index < -0.39 is 0 Å². The highest BCUT2D eigenvalue weighted by Gasteiger charge is 2.12. The van der Waals surface area contributed by atoms with E-state index in [1.54, 1.807) is 0 Å². The number of aliphatic hydroxyl groups is 1. The summed E-state index contributed by atoms with van der Waals surface area (Å²) in [6.07, 6.45) is 0.543. The smallest absolute Gasteiger partial charge is 0.0540 e. The SMILES string of the molecule is C.CC(C)(C)c1ccc(Br)cc1.CC(C)(C)c1ccc(C#CCCO)cc1. The first-order valence-corrected chi connectivity index (χ1v) is 9.79. The Hall–Kier alpha value is -1.56. The van der Waals surface area contributed by atoms with Gasteiger partial charge in [0.05, 0.1) is 6.61 Å². The molecule has 0 spiro atoms. The van der Waals surface area contributed by atoms with Crippen LogP contribution in [0.3, 0.4) is 0 Å². The van der Waals surface area contributed by atoms with E-state index in [0.717, 1.165) is 10.0 Å². The van der Waals surface area contributed by atoms with E-state index in [0.29, 0.717) is 6.42 Å². The van der Waals surface area contributed by atoms with Gasteiger partial charge < -0.3 is 5.11 Å². The van der Waals surface area contributed by atoms with Crippen LogP contribution in [0.1, 0.15) is 72.1 Å². The topological polar surface area (TPSA) is 20.2 Å². The van der Waals surface area contributed by atoms with Gasteiger partial charge in [-0.25, -0.2) is 0 Å². The van der Waals surface area contributed by atoms with Crippen LogP contribution in [0.15, 0.2) is 53.0 Å². The average Bonchev–Trinajstić information content (AvgIpc) is 2.55. The van der Waals surface area contributed by atoms with Crippen LogP contribution >= 0.6 is 15.9 Å². The van der Waals surface area contributed by atoms with Crippen molar-refractivity contribution in [3.63, 3.8) is 0 Å². The van der Waals surface area contributed by atoms with Crippen LogP contribution < -0.4 is 0 Å². The van der Waals surface area contributed by atoms with Crippen LogP contribution in [0.4, 0.5) is 0 Å². The molecule has 0 heterocycles. The Balaban J connectivity index is 0.000000504. The molecule has 0 saturated carbocycles. The van der Waals surface area contributed by atoms with E-state index in [9.17, 15) is 0 Å². The standard InChI is InChI=1S/C14H18O.C10H13Br.CH4/c1-14(2,3)13-9-7-12(8-10-13)6-4-5-11-15;1-10(2,3)8-4-6-9(11)7-5-8;/h7-10,15H,5,11H2,1-3H3;4-7H,1-3H3;1H4. The highest BCUT2D eigenvalue weighted by atomic mass is 79.9. The van der Waals surface area contributed by atoms with Crippen LogP contribution in [-0.2, 0) is 10.8 Å². The maximum absolute atomic E-state index is 8.59. The van der Waals surface area contributed by atoms with Gasteiger partial charge >= 0.3 is 0 Å². The average molecular weight is 431 g/mol. The maximum Gasteiger partial charge on any atom is 0.0540 e. The summed E-state index contributed by atoms with van der Waals surface area (Å²) in [5.74, 6) is 5.92. The molecule has 0 radical (unpaired) electrons. The van der Waals surface area contributed by atoms with Crippen LogP contribution in [-0.4, -0.2) is 11.7 Å². The van der Waals surface area contributed by atoms with Gasteiger partial charge in [-0.2, -0.15) is 0 Å². The molecule has 27 heavy (non-hydrogen) atoms. The quantitative estimate of drug-likeness (QED) is 0.478.